The highest BCUT2D eigenvalue weighted by Gasteiger charge is 2.32. The molecule has 0 bridgehead atoms. The lowest BCUT2D eigenvalue weighted by Gasteiger charge is -2.33. The predicted octanol–water partition coefficient (Wildman–Crippen LogP) is 0.691. The highest BCUT2D eigenvalue weighted by atomic mass is 19.3. The van der Waals surface area contributed by atoms with Crippen LogP contribution in [0.2, 0.25) is 0 Å². The molecule has 5 heteroatoms. The first-order valence-electron chi connectivity index (χ1n) is 4.90. The largest absolute Gasteiger partial charge is 0.380 e. The van der Waals surface area contributed by atoms with E-state index in [2.05, 4.69) is 0 Å². The maximum Gasteiger partial charge on any atom is 0.272 e. The zero-order chi connectivity index (χ0) is 10.6. The van der Waals surface area contributed by atoms with Crippen molar-refractivity contribution in [2.45, 2.75) is 24.9 Å². The topological polar surface area (TPSA) is 38.5 Å². The smallest absolute Gasteiger partial charge is 0.272 e. The van der Waals surface area contributed by atoms with Crippen molar-refractivity contribution in [2.24, 2.45) is 5.73 Å². The second-order valence-electron chi connectivity index (χ2n) is 3.80. The van der Waals surface area contributed by atoms with Gasteiger partial charge in [-0.2, -0.15) is 0 Å². The second-order valence-corrected chi connectivity index (χ2v) is 3.80. The maximum atomic E-state index is 13.0. The van der Waals surface area contributed by atoms with Crippen LogP contribution in [-0.4, -0.2) is 50.2 Å². The molecule has 0 aromatic heterocycles. The molecule has 3 nitrogen and oxygen atoms in total. The molecule has 0 amide bonds. The summed E-state index contributed by atoms with van der Waals surface area (Å²) in [5, 5.41) is 0. The zero-order valence-electron chi connectivity index (χ0n) is 8.51. The quantitative estimate of drug-likeness (QED) is 0.738. The molecular weight excluding hydrogens is 190 g/mol. The SMILES string of the molecule is COC1CCCN(CC(F)(F)CN)C1. The Morgan fingerprint density at radius 2 is 2.29 bits per heavy atom. The Morgan fingerprint density at radius 3 is 2.86 bits per heavy atom. The van der Waals surface area contributed by atoms with E-state index in [-0.39, 0.29) is 12.6 Å². The summed E-state index contributed by atoms with van der Waals surface area (Å²) in [6, 6.07) is 0. The summed E-state index contributed by atoms with van der Waals surface area (Å²) in [6.07, 6.45) is 1.97. The van der Waals surface area contributed by atoms with Crippen LogP contribution in [0.1, 0.15) is 12.8 Å². The number of nitrogens with two attached hydrogens (primary N) is 1. The summed E-state index contributed by atoms with van der Waals surface area (Å²) in [4.78, 5) is 1.73. The van der Waals surface area contributed by atoms with Crippen LogP contribution in [0.3, 0.4) is 0 Å². The molecule has 14 heavy (non-hydrogen) atoms. The summed E-state index contributed by atoms with van der Waals surface area (Å²) in [5.41, 5.74) is 4.98. The Balaban J connectivity index is 2.37. The molecule has 1 unspecified atom stereocenters. The average Bonchev–Trinajstić information content (AvgIpc) is 2.17. The maximum absolute atomic E-state index is 13.0. The first-order valence-corrected chi connectivity index (χ1v) is 4.90. The lowest BCUT2D eigenvalue weighted by molar-refractivity contribution is -0.0483. The molecule has 0 spiro atoms. The van der Waals surface area contributed by atoms with Gasteiger partial charge >= 0.3 is 0 Å². The fraction of sp³-hybridized carbons (Fsp3) is 1.00. The molecule has 1 rings (SSSR count). The fourth-order valence-electron chi connectivity index (χ4n) is 1.74. The van der Waals surface area contributed by atoms with Crippen LogP contribution in [0.4, 0.5) is 8.78 Å². The van der Waals surface area contributed by atoms with E-state index < -0.39 is 12.5 Å². The monoisotopic (exact) mass is 208 g/mol. The van der Waals surface area contributed by atoms with Crippen LogP contribution < -0.4 is 5.73 Å². The van der Waals surface area contributed by atoms with Crippen molar-refractivity contribution in [3.63, 3.8) is 0 Å². The first-order chi connectivity index (χ1) is 6.57. The molecule has 0 aliphatic carbocycles. The number of piperidine rings is 1. The van der Waals surface area contributed by atoms with Gasteiger partial charge in [-0.15, -0.1) is 0 Å². The van der Waals surface area contributed by atoms with Gasteiger partial charge in [-0.1, -0.05) is 0 Å². The minimum absolute atomic E-state index is 0.0947. The minimum Gasteiger partial charge on any atom is -0.380 e. The van der Waals surface area contributed by atoms with Crippen LogP contribution in [0.25, 0.3) is 0 Å². The zero-order valence-corrected chi connectivity index (χ0v) is 8.51. The molecule has 1 aliphatic heterocycles. The first kappa shape index (κ1) is 11.8. The van der Waals surface area contributed by atoms with E-state index in [1.54, 1.807) is 12.0 Å². The Morgan fingerprint density at radius 1 is 1.57 bits per heavy atom. The molecule has 0 aromatic rings. The van der Waals surface area contributed by atoms with Crippen molar-refractivity contribution in [3.8, 4) is 0 Å². The lowest BCUT2D eigenvalue weighted by Crippen LogP contribution is -2.47. The number of hydrogen-bond acceptors (Lipinski definition) is 3. The van der Waals surface area contributed by atoms with Crippen molar-refractivity contribution >= 4 is 0 Å². The normalized spacial score (nSPS) is 25.3. The highest BCUT2D eigenvalue weighted by Crippen LogP contribution is 2.18. The average molecular weight is 208 g/mol. The van der Waals surface area contributed by atoms with Crippen LogP contribution in [0.5, 0.6) is 0 Å². The van der Waals surface area contributed by atoms with E-state index in [1.165, 1.54) is 0 Å². The van der Waals surface area contributed by atoms with Gasteiger partial charge in [0.15, 0.2) is 0 Å². The van der Waals surface area contributed by atoms with Gasteiger partial charge in [-0.3, -0.25) is 4.90 Å². The summed E-state index contributed by atoms with van der Waals surface area (Å²) >= 11 is 0. The summed E-state index contributed by atoms with van der Waals surface area (Å²) < 4.78 is 31.1. The minimum atomic E-state index is -2.77. The molecular formula is C9H18F2N2O. The van der Waals surface area contributed by atoms with Gasteiger partial charge in [0, 0.05) is 13.7 Å². The number of hydrogen-bond donors (Lipinski definition) is 1. The van der Waals surface area contributed by atoms with Gasteiger partial charge in [0.05, 0.1) is 19.2 Å². The van der Waals surface area contributed by atoms with Gasteiger partial charge in [-0.05, 0) is 19.4 Å². The number of alkyl halides is 2. The van der Waals surface area contributed by atoms with E-state index in [0.29, 0.717) is 6.54 Å². The Bertz CT molecular complexity index is 178. The van der Waals surface area contributed by atoms with E-state index in [1.807, 2.05) is 0 Å². The lowest BCUT2D eigenvalue weighted by atomic mass is 10.1. The molecule has 1 atom stereocenters. The van der Waals surface area contributed by atoms with Gasteiger partial charge in [0.25, 0.3) is 5.92 Å². The third kappa shape index (κ3) is 3.48. The van der Waals surface area contributed by atoms with Crippen molar-refractivity contribution in [2.75, 3.05) is 33.3 Å². The van der Waals surface area contributed by atoms with Gasteiger partial charge in [0.1, 0.15) is 0 Å². The van der Waals surface area contributed by atoms with Crippen LogP contribution in [0, 0.1) is 0 Å². The molecule has 1 fully saturated rings. The summed E-state index contributed by atoms with van der Waals surface area (Å²) in [7, 11) is 1.62. The van der Waals surface area contributed by atoms with Gasteiger partial charge in [-0.25, -0.2) is 8.78 Å². The number of halogens is 2. The molecule has 0 radical (unpaired) electrons. The molecule has 0 saturated carbocycles. The number of ether oxygens (including phenoxy) is 1. The molecule has 0 aromatic carbocycles. The van der Waals surface area contributed by atoms with E-state index in [4.69, 9.17) is 10.5 Å². The van der Waals surface area contributed by atoms with Crippen molar-refractivity contribution in [1.29, 1.82) is 0 Å². The van der Waals surface area contributed by atoms with Crippen LogP contribution >= 0.6 is 0 Å². The number of nitrogens with zero attached hydrogens (tertiary/aromatic N) is 1. The number of methoxy groups -OCH3 is 1. The van der Waals surface area contributed by atoms with Crippen molar-refractivity contribution in [1.82, 2.24) is 4.90 Å². The van der Waals surface area contributed by atoms with Crippen LogP contribution in [-0.2, 0) is 4.74 Å². The second kappa shape index (κ2) is 5.00. The van der Waals surface area contributed by atoms with Crippen molar-refractivity contribution in [3.05, 3.63) is 0 Å². The van der Waals surface area contributed by atoms with Gasteiger partial charge < -0.3 is 10.5 Å². The molecule has 1 saturated heterocycles. The van der Waals surface area contributed by atoms with Crippen molar-refractivity contribution < 1.29 is 13.5 Å². The highest BCUT2D eigenvalue weighted by molar-refractivity contribution is 4.79. The van der Waals surface area contributed by atoms with Gasteiger partial charge in [0.2, 0.25) is 0 Å². The fourth-order valence-corrected chi connectivity index (χ4v) is 1.74. The Labute approximate surface area is 83.2 Å². The summed E-state index contributed by atoms with van der Waals surface area (Å²) in [5.74, 6) is -2.77. The molecule has 2 N–H and O–H groups in total. The van der Waals surface area contributed by atoms with E-state index in [0.717, 1.165) is 19.4 Å². The third-order valence-electron chi connectivity index (χ3n) is 2.55. The number of likely N-dealkylation sites (tertiary alicyclic amines) is 1. The number of rotatable bonds is 4. The molecule has 84 valence electrons. The predicted molar refractivity (Wildman–Crippen MR) is 50.5 cm³/mol. The molecule has 1 heterocycles. The Hall–Kier alpha value is -0.260. The summed E-state index contributed by atoms with van der Waals surface area (Å²) in [6.45, 7) is 0.478. The van der Waals surface area contributed by atoms with E-state index in [9.17, 15) is 8.78 Å². The molecule has 1 aliphatic rings. The standard InChI is InChI=1S/C9H18F2N2O/c1-14-8-3-2-4-13(5-8)7-9(10,11)6-12/h8H,2-7,12H2,1H3. The third-order valence-corrected chi connectivity index (χ3v) is 2.55. The van der Waals surface area contributed by atoms with E-state index >= 15 is 0 Å². The Kier molecular flexibility index (Phi) is 4.22. The van der Waals surface area contributed by atoms with Crippen LogP contribution in [0.15, 0.2) is 0 Å².